The molecule has 4 heterocycles. The number of ether oxygens (including phenoxy) is 1. The molecule has 0 atom stereocenters. The molecule has 4 aromatic rings. The Kier molecular flexibility index (Phi) is 9.21. The van der Waals surface area contributed by atoms with Crippen LogP contribution in [0.5, 0.6) is 0 Å². The van der Waals surface area contributed by atoms with Crippen molar-refractivity contribution in [1.82, 2.24) is 25.2 Å². The predicted octanol–water partition coefficient (Wildman–Crippen LogP) is 4.16. The maximum Gasteiger partial charge on any atom is 0.287 e. The standard InChI is InChI=1S/C29H32N6O3S/c1-37-20-24-16-27(35-14-12-34(13-15-35)19-22-6-3-2-4-7-22)33-29(32-24)39-21-25-9-10-26(38-25)28(36)31-18-23-8-5-11-30-17-23/h2-11,16-17H,12-15,18-21H2,1H3,(H,31,36). The lowest BCUT2D eigenvalue weighted by Crippen LogP contribution is -2.46. The van der Waals surface area contributed by atoms with Gasteiger partial charge in [0.2, 0.25) is 0 Å². The number of rotatable bonds is 11. The van der Waals surface area contributed by atoms with Gasteiger partial charge in [0.15, 0.2) is 10.9 Å². The second kappa shape index (κ2) is 13.4. The van der Waals surface area contributed by atoms with Gasteiger partial charge in [-0.2, -0.15) is 0 Å². The average Bonchev–Trinajstić information content (AvgIpc) is 3.46. The van der Waals surface area contributed by atoms with E-state index in [1.54, 1.807) is 25.6 Å². The summed E-state index contributed by atoms with van der Waals surface area (Å²) in [5.74, 6) is 2.12. The lowest BCUT2D eigenvalue weighted by atomic mass is 10.2. The SMILES string of the molecule is COCc1cc(N2CCN(Cc3ccccc3)CC2)nc(SCc2ccc(C(=O)NCc3cccnc3)o2)n1. The Morgan fingerprint density at radius 2 is 1.85 bits per heavy atom. The number of benzene rings is 1. The fourth-order valence-corrected chi connectivity index (χ4v) is 5.14. The Bertz CT molecular complexity index is 1340. The number of carbonyl (C=O) groups excluding carboxylic acids is 1. The Hall–Kier alpha value is -3.73. The topological polar surface area (TPSA) is 96.6 Å². The lowest BCUT2D eigenvalue weighted by Gasteiger charge is -2.35. The zero-order chi connectivity index (χ0) is 26.9. The maximum atomic E-state index is 12.5. The molecule has 0 aliphatic carbocycles. The maximum absolute atomic E-state index is 12.5. The minimum atomic E-state index is -0.262. The summed E-state index contributed by atoms with van der Waals surface area (Å²) in [5.41, 5.74) is 3.10. The second-order valence-electron chi connectivity index (χ2n) is 9.28. The van der Waals surface area contributed by atoms with Crippen LogP contribution in [0.2, 0.25) is 0 Å². The molecule has 0 spiro atoms. The summed E-state index contributed by atoms with van der Waals surface area (Å²) in [5, 5.41) is 3.51. The molecule has 9 nitrogen and oxygen atoms in total. The number of thioether (sulfide) groups is 1. The van der Waals surface area contributed by atoms with Gasteiger partial charge in [-0.05, 0) is 29.3 Å². The van der Waals surface area contributed by atoms with Crippen molar-refractivity contribution >= 4 is 23.5 Å². The van der Waals surface area contributed by atoms with Gasteiger partial charge < -0.3 is 19.4 Å². The van der Waals surface area contributed by atoms with Gasteiger partial charge in [0, 0.05) is 64.8 Å². The Balaban J connectivity index is 1.17. The molecule has 0 unspecified atom stereocenters. The summed E-state index contributed by atoms with van der Waals surface area (Å²) < 4.78 is 11.2. The van der Waals surface area contributed by atoms with Crippen LogP contribution in [0.4, 0.5) is 5.82 Å². The van der Waals surface area contributed by atoms with E-state index in [-0.39, 0.29) is 11.7 Å². The molecule has 10 heteroatoms. The normalized spacial score (nSPS) is 13.9. The number of nitrogens with zero attached hydrogens (tertiary/aromatic N) is 5. The second-order valence-corrected chi connectivity index (χ2v) is 10.2. The van der Waals surface area contributed by atoms with Crippen molar-refractivity contribution in [2.24, 2.45) is 0 Å². The molecule has 3 aromatic heterocycles. The van der Waals surface area contributed by atoms with Crippen LogP contribution >= 0.6 is 11.8 Å². The quantitative estimate of drug-likeness (QED) is 0.221. The monoisotopic (exact) mass is 544 g/mol. The molecular weight excluding hydrogens is 512 g/mol. The molecule has 202 valence electrons. The van der Waals surface area contributed by atoms with E-state index in [4.69, 9.17) is 14.1 Å². The predicted molar refractivity (Wildman–Crippen MR) is 150 cm³/mol. The molecule has 1 aliphatic rings. The molecule has 5 rings (SSSR count). The van der Waals surface area contributed by atoms with E-state index in [0.717, 1.165) is 49.8 Å². The number of anilines is 1. The molecule has 39 heavy (non-hydrogen) atoms. The number of carbonyl (C=O) groups is 1. The molecular formula is C29H32N6O3S. The van der Waals surface area contributed by atoms with Crippen LogP contribution in [0, 0.1) is 0 Å². The van der Waals surface area contributed by atoms with Crippen molar-refractivity contribution in [3.8, 4) is 0 Å². The lowest BCUT2D eigenvalue weighted by molar-refractivity contribution is 0.0921. The first kappa shape index (κ1) is 26.9. The number of furan rings is 1. The fraction of sp³-hybridized carbons (Fsp3) is 0.310. The smallest absolute Gasteiger partial charge is 0.287 e. The minimum absolute atomic E-state index is 0.262. The summed E-state index contributed by atoms with van der Waals surface area (Å²) in [6, 6.07) is 19.8. The van der Waals surface area contributed by atoms with Crippen LogP contribution in [0.3, 0.4) is 0 Å². The number of methoxy groups -OCH3 is 1. The van der Waals surface area contributed by atoms with Gasteiger partial charge in [-0.15, -0.1) is 0 Å². The third-order valence-corrected chi connectivity index (χ3v) is 7.26. The van der Waals surface area contributed by atoms with Gasteiger partial charge in [0.05, 0.1) is 18.1 Å². The zero-order valence-corrected chi connectivity index (χ0v) is 22.8. The molecule has 1 fully saturated rings. The van der Waals surface area contributed by atoms with Crippen molar-refractivity contribution in [3.05, 3.63) is 101 Å². The average molecular weight is 545 g/mol. The largest absolute Gasteiger partial charge is 0.455 e. The summed E-state index contributed by atoms with van der Waals surface area (Å²) in [6.45, 7) is 5.51. The van der Waals surface area contributed by atoms with E-state index < -0.39 is 0 Å². The van der Waals surface area contributed by atoms with Crippen LogP contribution in [-0.4, -0.2) is 59.0 Å². The summed E-state index contributed by atoms with van der Waals surface area (Å²) in [6.07, 6.45) is 3.42. The highest BCUT2D eigenvalue weighted by molar-refractivity contribution is 7.98. The van der Waals surface area contributed by atoms with Crippen molar-refractivity contribution < 1.29 is 13.9 Å². The van der Waals surface area contributed by atoms with Crippen LogP contribution in [0.15, 0.2) is 82.6 Å². The number of piperazine rings is 1. The summed E-state index contributed by atoms with van der Waals surface area (Å²) >= 11 is 1.48. The van der Waals surface area contributed by atoms with E-state index in [0.29, 0.717) is 29.8 Å². The van der Waals surface area contributed by atoms with Gasteiger partial charge >= 0.3 is 0 Å². The summed E-state index contributed by atoms with van der Waals surface area (Å²) in [4.78, 5) is 30.8. The van der Waals surface area contributed by atoms with Crippen LogP contribution < -0.4 is 10.2 Å². The van der Waals surface area contributed by atoms with Crippen molar-refractivity contribution in [3.63, 3.8) is 0 Å². The molecule has 0 radical (unpaired) electrons. The molecule has 1 saturated heterocycles. The van der Waals surface area contributed by atoms with Crippen LogP contribution in [0.1, 0.15) is 33.1 Å². The first-order valence-corrected chi connectivity index (χ1v) is 13.9. The van der Waals surface area contributed by atoms with Crippen LogP contribution in [-0.2, 0) is 30.2 Å². The molecule has 1 amide bonds. The van der Waals surface area contributed by atoms with E-state index in [2.05, 4.69) is 55.4 Å². The van der Waals surface area contributed by atoms with E-state index in [1.165, 1.54) is 17.3 Å². The molecule has 0 saturated carbocycles. The Morgan fingerprint density at radius 3 is 2.62 bits per heavy atom. The third kappa shape index (κ3) is 7.66. The number of hydrogen-bond donors (Lipinski definition) is 1. The number of hydrogen-bond acceptors (Lipinski definition) is 9. The van der Waals surface area contributed by atoms with Crippen molar-refractivity contribution in [2.45, 2.75) is 30.6 Å². The first-order valence-electron chi connectivity index (χ1n) is 12.9. The zero-order valence-electron chi connectivity index (χ0n) is 22.0. The molecule has 1 N–H and O–H groups in total. The van der Waals surface area contributed by atoms with Gasteiger partial charge in [-0.25, -0.2) is 9.97 Å². The molecule has 0 bridgehead atoms. The number of pyridine rings is 1. The number of aromatic nitrogens is 3. The van der Waals surface area contributed by atoms with E-state index in [1.807, 2.05) is 24.3 Å². The highest BCUT2D eigenvalue weighted by Gasteiger charge is 2.20. The van der Waals surface area contributed by atoms with Crippen molar-refractivity contribution in [2.75, 3.05) is 38.2 Å². The number of amides is 1. The molecule has 1 aliphatic heterocycles. The van der Waals surface area contributed by atoms with Gasteiger partial charge in [-0.1, -0.05) is 48.2 Å². The summed E-state index contributed by atoms with van der Waals surface area (Å²) in [7, 11) is 1.67. The number of nitrogens with one attached hydrogen (secondary N) is 1. The van der Waals surface area contributed by atoms with Crippen molar-refractivity contribution in [1.29, 1.82) is 0 Å². The first-order chi connectivity index (χ1) is 19.2. The Labute approximate surface area is 232 Å². The van der Waals surface area contributed by atoms with E-state index in [9.17, 15) is 4.79 Å². The fourth-order valence-electron chi connectivity index (χ4n) is 4.37. The highest BCUT2D eigenvalue weighted by Crippen LogP contribution is 2.25. The molecule has 1 aromatic carbocycles. The minimum Gasteiger partial charge on any atom is -0.455 e. The van der Waals surface area contributed by atoms with Gasteiger partial charge in [0.25, 0.3) is 5.91 Å². The van der Waals surface area contributed by atoms with Gasteiger partial charge in [0.1, 0.15) is 11.6 Å². The third-order valence-electron chi connectivity index (χ3n) is 6.39. The Morgan fingerprint density at radius 1 is 1.03 bits per heavy atom. The van der Waals surface area contributed by atoms with E-state index >= 15 is 0 Å². The van der Waals surface area contributed by atoms with Crippen LogP contribution in [0.25, 0.3) is 0 Å². The van der Waals surface area contributed by atoms with Gasteiger partial charge in [-0.3, -0.25) is 14.7 Å². The highest BCUT2D eigenvalue weighted by atomic mass is 32.2.